The maximum Gasteiger partial charge on any atom is 0.410 e. The molecule has 4 amide bonds. The van der Waals surface area contributed by atoms with Gasteiger partial charge in [-0.3, -0.25) is 19.2 Å². The molecule has 0 saturated carbocycles. The molecule has 0 spiro atoms. The predicted molar refractivity (Wildman–Crippen MR) is 227 cm³/mol. The first-order valence-corrected chi connectivity index (χ1v) is 21.7. The highest BCUT2D eigenvalue weighted by atomic mass is 16.6. The highest BCUT2D eigenvalue weighted by Gasteiger charge is 2.43. The molecule has 2 fully saturated rings. The number of hydrogen-bond acceptors (Lipinski definition) is 10. The molecule has 2 saturated heterocycles. The summed E-state index contributed by atoms with van der Waals surface area (Å²) >= 11 is 0. The summed E-state index contributed by atoms with van der Waals surface area (Å²) in [5.41, 5.74) is 0.812. The molecular formula is C45H75N5O9. The van der Waals surface area contributed by atoms with Crippen LogP contribution in [0.5, 0.6) is 0 Å². The summed E-state index contributed by atoms with van der Waals surface area (Å²) < 4.78 is 23.6. The lowest BCUT2D eigenvalue weighted by molar-refractivity contribution is -0.147. The zero-order chi connectivity index (χ0) is 44.0. The van der Waals surface area contributed by atoms with Gasteiger partial charge in [0.05, 0.1) is 50.0 Å². The summed E-state index contributed by atoms with van der Waals surface area (Å²) in [4.78, 5) is 74.2. The molecule has 1 aromatic rings. The van der Waals surface area contributed by atoms with Crippen LogP contribution in [0.1, 0.15) is 99.2 Å². The van der Waals surface area contributed by atoms with Gasteiger partial charge in [0, 0.05) is 59.2 Å². The summed E-state index contributed by atoms with van der Waals surface area (Å²) in [6, 6.07) is 7.46. The molecule has 0 unspecified atom stereocenters. The Balaban J connectivity index is 1.77. The van der Waals surface area contributed by atoms with Crippen LogP contribution in [0.3, 0.4) is 0 Å². The topological polar surface area (TPSA) is 156 Å². The number of amides is 4. The fraction of sp³-hybridized carbons (Fsp3) is 0.756. The number of nitrogens with one attached hydrogen (secondary N) is 2. The third kappa shape index (κ3) is 13.2. The van der Waals surface area contributed by atoms with Crippen molar-refractivity contribution in [2.24, 2.45) is 29.6 Å². The zero-order valence-corrected chi connectivity index (χ0v) is 37.9. The van der Waals surface area contributed by atoms with E-state index in [-0.39, 0.29) is 66.1 Å². The molecule has 0 aliphatic carbocycles. The molecule has 2 aliphatic rings. The Morgan fingerprint density at radius 2 is 1.49 bits per heavy atom. The summed E-state index contributed by atoms with van der Waals surface area (Å²) in [7, 11) is 6.61. The zero-order valence-electron chi connectivity index (χ0n) is 37.9. The SMILES string of the molecule is CC[C@H](C)[C@@H]([C@@H](CC(=O)N1CCC[C@H]1[C@H](OC)[C@@H](C)C(=O)C[C@H](C)[C@@H](OC(=O)N1CCOCC1)c1ccccc1)OC)N(C)C(=O)[C@@H](NC(=O)[C@@H](NC)C(C)C)C(C)C. The smallest absolute Gasteiger partial charge is 0.410 e. The first-order valence-electron chi connectivity index (χ1n) is 21.7. The Morgan fingerprint density at radius 3 is 2.03 bits per heavy atom. The fourth-order valence-corrected chi connectivity index (χ4v) is 8.78. The van der Waals surface area contributed by atoms with Crippen LogP contribution in [0, 0.1) is 29.6 Å². The van der Waals surface area contributed by atoms with E-state index in [1.807, 2.05) is 90.6 Å². The van der Waals surface area contributed by atoms with Crippen LogP contribution in [0.15, 0.2) is 30.3 Å². The molecule has 2 aliphatic heterocycles. The van der Waals surface area contributed by atoms with Gasteiger partial charge in [0.15, 0.2) is 0 Å². The van der Waals surface area contributed by atoms with Gasteiger partial charge in [-0.25, -0.2) is 4.79 Å². The molecule has 0 aromatic heterocycles. The number of likely N-dealkylation sites (N-methyl/N-ethyl adjacent to an activating group) is 2. The second-order valence-electron chi connectivity index (χ2n) is 17.3. The monoisotopic (exact) mass is 830 g/mol. The van der Waals surface area contributed by atoms with Gasteiger partial charge in [0.1, 0.15) is 17.9 Å². The number of likely N-dealkylation sites (tertiary alicyclic amines) is 1. The first kappa shape index (κ1) is 49.8. The van der Waals surface area contributed by atoms with Crippen LogP contribution >= 0.6 is 0 Å². The number of hydrogen-bond donors (Lipinski definition) is 2. The van der Waals surface area contributed by atoms with E-state index >= 15 is 0 Å². The van der Waals surface area contributed by atoms with Gasteiger partial charge in [0.25, 0.3) is 0 Å². The number of carbonyl (C=O) groups is 5. The number of morpholine rings is 1. The van der Waals surface area contributed by atoms with Crippen molar-refractivity contribution in [3.63, 3.8) is 0 Å². The van der Waals surface area contributed by atoms with Gasteiger partial charge in [-0.15, -0.1) is 0 Å². The summed E-state index contributed by atoms with van der Waals surface area (Å²) in [5, 5.41) is 6.05. The molecule has 14 nitrogen and oxygen atoms in total. The Morgan fingerprint density at radius 1 is 0.864 bits per heavy atom. The van der Waals surface area contributed by atoms with Crippen LogP contribution in [0.4, 0.5) is 4.79 Å². The van der Waals surface area contributed by atoms with Crippen molar-refractivity contribution in [3.8, 4) is 0 Å². The molecule has 0 bridgehead atoms. The Labute approximate surface area is 353 Å². The van der Waals surface area contributed by atoms with Crippen LogP contribution in [0.25, 0.3) is 0 Å². The number of rotatable bonds is 22. The Hall–Kier alpha value is -3.59. The van der Waals surface area contributed by atoms with Crippen LogP contribution in [-0.4, -0.2) is 142 Å². The highest BCUT2D eigenvalue weighted by Crippen LogP contribution is 2.34. The van der Waals surface area contributed by atoms with E-state index in [0.29, 0.717) is 39.3 Å². The van der Waals surface area contributed by atoms with E-state index in [2.05, 4.69) is 10.6 Å². The molecule has 334 valence electrons. The molecule has 10 atom stereocenters. The number of ketones is 1. The number of ether oxygens (including phenoxy) is 4. The maximum atomic E-state index is 14.3. The van der Waals surface area contributed by atoms with E-state index < -0.39 is 48.4 Å². The summed E-state index contributed by atoms with van der Waals surface area (Å²) in [5.74, 6) is -1.72. The maximum absolute atomic E-state index is 14.3. The number of methoxy groups -OCH3 is 2. The van der Waals surface area contributed by atoms with E-state index in [1.165, 1.54) is 0 Å². The van der Waals surface area contributed by atoms with E-state index in [1.54, 1.807) is 38.1 Å². The van der Waals surface area contributed by atoms with E-state index in [9.17, 15) is 24.0 Å². The molecule has 0 radical (unpaired) electrons. The minimum Gasteiger partial charge on any atom is -0.441 e. The average Bonchev–Trinajstić information content (AvgIpc) is 3.71. The van der Waals surface area contributed by atoms with E-state index in [4.69, 9.17) is 18.9 Å². The molecule has 2 heterocycles. The quantitative estimate of drug-likeness (QED) is 0.161. The third-order valence-corrected chi connectivity index (χ3v) is 12.5. The average molecular weight is 830 g/mol. The summed E-state index contributed by atoms with van der Waals surface area (Å²) in [6.45, 7) is 17.9. The van der Waals surface area contributed by atoms with E-state index in [0.717, 1.165) is 18.4 Å². The number of benzene rings is 1. The minimum atomic E-state index is -0.770. The first-order chi connectivity index (χ1) is 28.0. The fourth-order valence-electron chi connectivity index (χ4n) is 8.78. The van der Waals surface area contributed by atoms with Crippen molar-refractivity contribution in [3.05, 3.63) is 35.9 Å². The standard InChI is InChI=1S/C45H75N5O9/c1-13-30(6)40(48(10)44(54)39(29(4)5)47-43(53)38(46-9)28(2)3)36(56-11)27-37(52)50-21-17-20-34(50)42(57-12)32(8)35(51)26-31(7)41(33-18-15-14-16-19-33)59-45(55)49-22-24-58-25-23-49/h14-16,18-19,28-32,34,36,38-42,46H,13,17,20-27H2,1-12H3,(H,47,53)/t30-,31-,32-,34-,36+,38-,39-,40-,41+,42+/m0/s1. The second kappa shape index (κ2) is 24.0. The molecular weight excluding hydrogens is 755 g/mol. The van der Waals surface area contributed by atoms with Gasteiger partial charge >= 0.3 is 6.09 Å². The normalized spacial score (nSPS) is 20.5. The lowest BCUT2D eigenvalue weighted by Crippen LogP contribution is -2.59. The van der Waals surface area contributed by atoms with Crippen molar-refractivity contribution in [1.82, 2.24) is 25.3 Å². The minimum absolute atomic E-state index is 0.0244. The van der Waals surface area contributed by atoms with Crippen molar-refractivity contribution >= 4 is 29.6 Å². The van der Waals surface area contributed by atoms with Crippen LogP contribution < -0.4 is 10.6 Å². The van der Waals surface area contributed by atoms with Crippen LogP contribution in [0.2, 0.25) is 0 Å². The van der Waals surface area contributed by atoms with Gasteiger partial charge in [-0.2, -0.15) is 0 Å². The van der Waals surface area contributed by atoms with Crippen molar-refractivity contribution in [2.75, 3.05) is 61.2 Å². The third-order valence-electron chi connectivity index (χ3n) is 12.5. The second-order valence-corrected chi connectivity index (χ2v) is 17.3. The molecule has 2 N–H and O–H groups in total. The Kier molecular flexibility index (Phi) is 20.2. The number of carbonyl (C=O) groups excluding carboxylic acids is 5. The van der Waals surface area contributed by atoms with Crippen molar-refractivity contribution in [1.29, 1.82) is 0 Å². The largest absolute Gasteiger partial charge is 0.441 e. The van der Waals surface area contributed by atoms with Gasteiger partial charge in [-0.1, -0.05) is 92.1 Å². The lowest BCUT2D eigenvalue weighted by atomic mass is 9.85. The van der Waals surface area contributed by atoms with Crippen molar-refractivity contribution < 1.29 is 42.9 Å². The van der Waals surface area contributed by atoms with Gasteiger partial charge in [0.2, 0.25) is 17.7 Å². The molecule has 14 heteroatoms. The highest BCUT2D eigenvalue weighted by molar-refractivity contribution is 5.90. The van der Waals surface area contributed by atoms with Gasteiger partial charge < -0.3 is 44.3 Å². The molecule has 59 heavy (non-hydrogen) atoms. The van der Waals surface area contributed by atoms with Crippen molar-refractivity contribution in [2.45, 2.75) is 130 Å². The number of nitrogens with zero attached hydrogens (tertiary/aromatic N) is 3. The molecule has 1 aromatic carbocycles. The van der Waals surface area contributed by atoms with Crippen LogP contribution in [-0.2, 0) is 38.1 Å². The lowest BCUT2D eigenvalue weighted by Gasteiger charge is -2.41. The Bertz CT molecular complexity index is 1490. The molecule has 3 rings (SSSR count). The van der Waals surface area contributed by atoms with Gasteiger partial charge in [-0.05, 0) is 43.2 Å². The number of Topliss-reactive ketones (excluding diaryl/α,β-unsaturated/α-hetero) is 1. The predicted octanol–water partition coefficient (Wildman–Crippen LogP) is 5.10. The summed E-state index contributed by atoms with van der Waals surface area (Å²) in [6.07, 6.45) is 0.0660.